The van der Waals surface area contributed by atoms with E-state index in [0.29, 0.717) is 0 Å². The van der Waals surface area contributed by atoms with Gasteiger partial charge in [-0.05, 0) is 48.9 Å². The van der Waals surface area contributed by atoms with Crippen LogP contribution in [0, 0.1) is 6.92 Å². The Morgan fingerprint density at radius 3 is 2.81 bits per heavy atom. The van der Waals surface area contributed by atoms with E-state index in [4.69, 9.17) is 0 Å². The fraction of sp³-hybridized carbons (Fsp3) is 0.235. The molecule has 0 fully saturated rings. The minimum absolute atomic E-state index is 0.939. The second kappa shape index (κ2) is 6.60. The van der Waals surface area contributed by atoms with Crippen LogP contribution in [-0.2, 0) is 6.54 Å². The topological polar surface area (TPSA) is 24.9 Å². The zero-order valence-corrected chi connectivity index (χ0v) is 13.9. The Hall–Kier alpha value is -1.36. The number of nitrogens with zero attached hydrogens (tertiary/aromatic N) is 1. The van der Waals surface area contributed by atoms with Gasteiger partial charge >= 0.3 is 0 Å². The van der Waals surface area contributed by atoms with Gasteiger partial charge in [0.25, 0.3) is 0 Å². The van der Waals surface area contributed by atoms with Gasteiger partial charge in [0.1, 0.15) is 0 Å². The standard InChI is InChI=1S/C17H18N2S2/c1-3-18-11-13-8-9-14(10-12(13)2)20-17-19-15-6-4-5-7-16(15)21-17/h4-10,18H,3,11H2,1-2H3. The number of nitrogens with one attached hydrogen (secondary N) is 1. The lowest BCUT2D eigenvalue weighted by Crippen LogP contribution is -2.12. The molecule has 2 nitrogen and oxygen atoms in total. The molecule has 21 heavy (non-hydrogen) atoms. The number of para-hydroxylation sites is 1. The van der Waals surface area contributed by atoms with Crippen LogP contribution in [0.1, 0.15) is 18.1 Å². The summed E-state index contributed by atoms with van der Waals surface area (Å²) in [6.45, 7) is 6.25. The molecule has 0 bridgehead atoms. The van der Waals surface area contributed by atoms with E-state index in [2.05, 4.69) is 60.5 Å². The lowest BCUT2D eigenvalue weighted by Gasteiger charge is -2.08. The fourth-order valence-electron chi connectivity index (χ4n) is 2.19. The molecule has 0 unspecified atom stereocenters. The molecule has 0 amide bonds. The van der Waals surface area contributed by atoms with Crippen molar-refractivity contribution in [2.24, 2.45) is 0 Å². The van der Waals surface area contributed by atoms with Gasteiger partial charge in [0.05, 0.1) is 10.2 Å². The molecule has 0 aliphatic rings. The second-order valence-corrected chi connectivity index (χ2v) is 7.27. The first-order valence-corrected chi connectivity index (χ1v) is 8.73. The van der Waals surface area contributed by atoms with Gasteiger partial charge in [-0.25, -0.2) is 4.98 Å². The van der Waals surface area contributed by atoms with Gasteiger partial charge in [-0.1, -0.05) is 36.9 Å². The predicted molar refractivity (Wildman–Crippen MR) is 92.3 cm³/mol. The van der Waals surface area contributed by atoms with E-state index in [-0.39, 0.29) is 0 Å². The smallest absolute Gasteiger partial charge is 0.155 e. The third-order valence-electron chi connectivity index (χ3n) is 3.36. The lowest BCUT2D eigenvalue weighted by molar-refractivity contribution is 0.723. The van der Waals surface area contributed by atoms with Crippen LogP contribution in [0.3, 0.4) is 0 Å². The van der Waals surface area contributed by atoms with E-state index in [1.807, 2.05) is 6.07 Å². The quantitative estimate of drug-likeness (QED) is 0.727. The first-order valence-electron chi connectivity index (χ1n) is 7.10. The number of fused-ring (bicyclic) bond motifs is 1. The number of hydrogen-bond acceptors (Lipinski definition) is 4. The van der Waals surface area contributed by atoms with E-state index >= 15 is 0 Å². The van der Waals surface area contributed by atoms with E-state index in [1.54, 1.807) is 23.1 Å². The van der Waals surface area contributed by atoms with Crippen molar-refractivity contribution in [1.29, 1.82) is 0 Å². The number of aryl methyl sites for hydroxylation is 1. The third kappa shape index (κ3) is 3.46. The molecule has 1 aromatic heterocycles. The summed E-state index contributed by atoms with van der Waals surface area (Å²) in [5.74, 6) is 0. The Morgan fingerprint density at radius 2 is 2.05 bits per heavy atom. The Bertz CT molecular complexity index is 716. The van der Waals surface area contributed by atoms with Gasteiger partial charge in [0, 0.05) is 11.4 Å². The van der Waals surface area contributed by atoms with E-state index in [1.165, 1.54) is 20.7 Å². The maximum absolute atomic E-state index is 4.68. The number of thiazole rings is 1. The number of benzene rings is 2. The molecule has 1 heterocycles. The zero-order chi connectivity index (χ0) is 14.7. The Kier molecular flexibility index (Phi) is 4.58. The number of aromatic nitrogens is 1. The van der Waals surface area contributed by atoms with E-state index < -0.39 is 0 Å². The van der Waals surface area contributed by atoms with Crippen LogP contribution in [0.25, 0.3) is 10.2 Å². The van der Waals surface area contributed by atoms with Crippen molar-refractivity contribution >= 4 is 33.3 Å². The monoisotopic (exact) mass is 314 g/mol. The van der Waals surface area contributed by atoms with Crippen molar-refractivity contribution in [3.05, 3.63) is 53.6 Å². The minimum Gasteiger partial charge on any atom is -0.313 e. The Labute approximate surface area is 133 Å². The van der Waals surface area contributed by atoms with Gasteiger partial charge in [-0.3, -0.25) is 0 Å². The summed E-state index contributed by atoms with van der Waals surface area (Å²) in [7, 11) is 0. The fourth-order valence-corrected chi connectivity index (χ4v) is 4.32. The average molecular weight is 314 g/mol. The maximum Gasteiger partial charge on any atom is 0.155 e. The van der Waals surface area contributed by atoms with Gasteiger partial charge in [-0.2, -0.15) is 0 Å². The van der Waals surface area contributed by atoms with Crippen LogP contribution >= 0.6 is 23.1 Å². The molecule has 0 saturated heterocycles. The predicted octanol–water partition coefficient (Wildman–Crippen LogP) is 4.87. The normalized spacial score (nSPS) is 11.1. The van der Waals surface area contributed by atoms with Crippen molar-refractivity contribution in [3.8, 4) is 0 Å². The molecular formula is C17H18N2S2. The van der Waals surface area contributed by atoms with Crippen LogP contribution in [0.5, 0.6) is 0 Å². The molecule has 0 atom stereocenters. The first kappa shape index (κ1) is 14.6. The maximum atomic E-state index is 4.68. The summed E-state index contributed by atoms with van der Waals surface area (Å²) in [5, 5.41) is 3.38. The van der Waals surface area contributed by atoms with Crippen molar-refractivity contribution in [1.82, 2.24) is 10.3 Å². The van der Waals surface area contributed by atoms with Gasteiger partial charge in [-0.15, -0.1) is 11.3 Å². The van der Waals surface area contributed by atoms with Crippen molar-refractivity contribution in [3.63, 3.8) is 0 Å². The summed E-state index contributed by atoms with van der Waals surface area (Å²) in [4.78, 5) is 5.94. The van der Waals surface area contributed by atoms with Crippen LogP contribution < -0.4 is 5.32 Å². The van der Waals surface area contributed by atoms with Crippen LogP contribution in [0.15, 0.2) is 51.7 Å². The van der Waals surface area contributed by atoms with Gasteiger partial charge < -0.3 is 5.32 Å². The molecule has 0 aliphatic heterocycles. The molecule has 0 spiro atoms. The molecule has 2 aromatic carbocycles. The second-order valence-electron chi connectivity index (χ2n) is 4.92. The van der Waals surface area contributed by atoms with Gasteiger partial charge in [0.15, 0.2) is 4.34 Å². The van der Waals surface area contributed by atoms with Crippen LogP contribution in [0.4, 0.5) is 0 Å². The highest BCUT2D eigenvalue weighted by atomic mass is 32.2. The highest BCUT2D eigenvalue weighted by molar-refractivity contribution is 8.01. The summed E-state index contributed by atoms with van der Waals surface area (Å²) >= 11 is 3.50. The van der Waals surface area contributed by atoms with Crippen LogP contribution in [0.2, 0.25) is 0 Å². The summed E-state index contributed by atoms with van der Waals surface area (Å²) < 4.78 is 2.36. The zero-order valence-electron chi connectivity index (χ0n) is 12.2. The molecular weight excluding hydrogens is 296 g/mol. The lowest BCUT2D eigenvalue weighted by atomic mass is 10.1. The molecule has 1 N–H and O–H groups in total. The largest absolute Gasteiger partial charge is 0.313 e. The highest BCUT2D eigenvalue weighted by Gasteiger charge is 2.06. The van der Waals surface area contributed by atoms with Crippen molar-refractivity contribution in [2.75, 3.05) is 6.54 Å². The first-order chi connectivity index (χ1) is 10.3. The minimum atomic E-state index is 0.939. The molecule has 0 saturated carbocycles. The van der Waals surface area contributed by atoms with Crippen molar-refractivity contribution < 1.29 is 0 Å². The molecule has 0 aliphatic carbocycles. The van der Waals surface area contributed by atoms with Gasteiger partial charge in [0.2, 0.25) is 0 Å². The molecule has 3 aromatic rings. The van der Waals surface area contributed by atoms with E-state index in [9.17, 15) is 0 Å². The third-order valence-corrected chi connectivity index (χ3v) is 5.45. The van der Waals surface area contributed by atoms with E-state index in [0.717, 1.165) is 22.9 Å². The Balaban J connectivity index is 1.79. The number of rotatable bonds is 5. The molecule has 0 radical (unpaired) electrons. The average Bonchev–Trinajstić information content (AvgIpc) is 2.88. The summed E-state index contributed by atoms with van der Waals surface area (Å²) in [6.07, 6.45) is 0. The molecule has 108 valence electrons. The number of hydrogen-bond donors (Lipinski definition) is 1. The molecule has 3 rings (SSSR count). The summed E-state index contributed by atoms with van der Waals surface area (Å²) in [6, 6.07) is 15.0. The summed E-state index contributed by atoms with van der Waals surface area (Å²) in [5.41, 5.74) is 3.79. The molecule has 4 heteroatoms. The SMILES string of the molecule is CCNCc1ccc(Sc2nc3ccccc3s2)cc1C. The highest BCUT2D eigenvalue weighted by Crippen LogP contribution is 2.34. The van der Waals surface area contributed by atoms with Crippen LogP contribution in [-0.4, -0.2) is 11.5 Å². The van der Waals surface area contributed by atoms with Crippen molar-refractivity contribution in [2.45, 2.75) is 29.6 Å². The Morgan fingerprint density at radius 1 is 1.19 bits per heavy atom.